The maximum absolute atomic E-state index is 5.40. The Hall–Kier alpha value is -4.14. The highest BCUT2D eigenvalue weighted by Crippen LogP contribution is 2.36. The molecular weight excluding hydrogens is 392 g/mol. The fourth-order valence-electron chi connectivity index (χ4n) is 4.07. The summed E-state index contributed by atoms with van der Waals surface area (Å²) in [6, 6.07) is 14.1. The molecule has 1 atom stereocenters. The number of fused-ring (bicyclic) bond motifs is 2. The van der Waals surface area contributed by atoms with E-state index in [9.17, 15) is 0 Å². The number of rotatable bonds is 3. The van der Waals surface area contributed by atoms with E-state index in [1.807, 2.05) is 25.1 Å². The molecule has 4 aromatic heterocycles. The molecular formula is C22H18N8O. The number of nitrogens with zero attached hydrogens (tertiary/aromatic N) is 8. The van der Waals surface area contributed by atoms with Crippen LogP contribution in [0.2, 0.25) is 0 Å². The van der Waals surface area contributed by atoms with Crippen molar-refractivity contribution in [2.75, 3.05) is 4.90 Å². The van der Waals surface area contributed by atoms with Crippen molar-refractivity contribution >= 4 is 17.4 Å². The minimum absolute atomic E-state index is 0.272. The third kappa shape index (κ3) is 2.77. The molecule has 0 saturated carbocycles. The van der Waals surface area contributed by atoms with Crippen molar-refractivity contribution in [2.45, 2.75) is 26.3 Å². The summed E-state index contributed by atoms with van der Waals surface area (Å²) in [6.07, 6.45) is 4.31. The SMILES string of the molecule is Cc1c(-c2ccnc(N3c4ccccc4CC3C)n2)nnc2nc(-c3ccco3)nn12. The smallest absolute Gasteiger partial charge is 0.272 e. The summed E-state index contributed by atoms with van der Waals surface area (Å²) in [5, 5.41) is 13.2. The van der Waals surface area contributed by atoms with Gasteiger partial charge in [0.25, 0.3) is 5.78 Å². The zero-order valence-corrected chi connectivity index (χ0v) is 17.0. The van der Waals surface area contributed by atoms with E-state index in [0.717, 1.165) is 17.8 Å². The molecule has 0 spiro atoms. The maximum atomic E-state index is 5.40. The standard InChI is InChI=1S/C22H18N8O/c1-13-12-15-6-3-4-7-17(15)29(13)21-23-10-9-16(24-21)19-14(2)30-22(27-26-19)25-20(28-30)18-8-5-11-31-18/h3-11,13H,12H2,1-2H3. The van der Waals surface area contributed by atoms with Gasteiger partial charge in [-0.15, -0.1) is 15.3 Å². The molecule has 5 aromatic rings. The molecule has 6 rings (SSSR count). The van der Waals surface area contributed by atoms with Gasteiger partial charge < -0.3 is 9.32 Å². The molecule has 1 unspecified atom stereocenters. The van der Waals surface area contributed by atoms with Crippen LogP contribution < -0.4 is 4.90 Å². The quantitative estimate of drug-likeness (QED) is 0.445. The summed E-state index contributed by atoms with van der Waals surface area (Å²) in [4.78, 5) is 16.0. The Morgan fingerprint density at radius 3 is 2.81 bits per heavy atom. The number of furan rings is 1. The Balaban J connectivity index is 1.44. The van der Waals surface area contributed by atoms with E-state index in [1.165, 1.54) is 5.56 Å². The Morgan fingerprint density at radius 1 is 1.03 bits per heavy atom. The zero-order valence-electron chi connectivity index (χ0n) is 17.0. The minimum atomic E-state index is 0.272. The van der Waals surface area contributed by atoms with Gasteiger partial charge in [0.1, 0.15) is 5.69 Å². The molecule has 9 heteroatoms. The molecule has 0 aliphatic carbocycles. The Labute approximate surface area is 177 Å². The number of hydrogen-bond acceptors (Lipinski definition) is 8. The molecule has 0 N–H and O–H groups in total. The zero-order chi connectivity index (χ0) is 20.9. The molecule has 0 radical (unpaired) electrons. The van der Waals surface area contributed by atoms with E-state index in [-0.39, 0.29) is 6.04 Å². The molecule has 0 saturated heterocycles. The predicted octanol–water partition coefficient (Wildman–Crippen LogP) is 3.63. The summed E-state index contributed by atoms with van der Waals surface area (Å²) in [7, 11) is 0. The molecule has 1 aliphatic rings. The van der Waals surface area contributed by atoms with Gasteiger partial charge in [0.2, 0.25) is 11.8 Å². The van der Waals surface area contributed by atoms with Crippen molar-refractivity contribution in [3.63, 3.8) is 0 Å². The van der Waals surface area contributed by atoms with E-state index in [2.05, 4.69) is 55.3 Å². The second-order valence-electron chi connectivity index (χ2n) is 7.55. The van der Waals surface area contributed by atoms with Crippen LogP contribution in [0.25, 0.3) is 28.8 Å². The first kappa shape index (κ1) is 17.7. The lowest BCUT2D eigenvalue weighted by molar-refractivity contribution is 0.577. The lowest BCUT2D eigenvalue weighted by Crippen LogP contribution is -2.26. The van der Waals surface area contributed by atoms with Crippen LogP contribution in [0.15, 0.2) is 59.3 Å². The second-order valence-corrected chi connectivity index (χ2v) is 7.55. The van der Waals surface area contributed by atoms with E-state index in [4.69, 9.17) is 9.40 Å². The topological polar surface area (TPSA) is 98.1 Å². The number of para-hydroxylation sites is 1. The number of anilines is 2. The van der Waals surface area contributed by atoms with E-state index < -0.39 is 0 Å². The fraction of sp³-hybridized carbons (Fsp3) is 0.182. The molecule has 31 heavy (non-hydrogen) atoms. The van der Waals surface area contributed by atoms with Crippen LogP contribution in [0, 0.1) is 6.92 Å². The van der Waals surface area contributed by atoms with Gasteiger partial charge in [-0.1, -0.05) is 18.2 Å². The summed E-state index contributed by atoms with van der Waals surface area (Å²) < 4.78 is 7.07. The van der Waals surface area contributed by atoms with Gasteiger partial charge >= 0.3 is 0 Å². The van der Waals surface area contributed by atoms with Gasteiger partial charge in [-0.2, -0.15) is 9.50 Å². The normalized spacial score (nSPS) is 15.5. The lowest BCUT2D eigenvalue weighted by atomic mass is 10.1. The van der Waals surface area contributed by atoms with Crippen molar-refractivity contribution in [2.24, 2.45) is 0 Å². The second kappa shape index (κ2) is 6.69. The highest BCUT2D eigenvalue weighted by molar-refractivity contribution is 5.68. The van der Waals surface area contributed by atoms with Gasteiger partial charge in [0, 0.05) is 17.9 Å². The Morgan fingerprint density at radius 2 is 1.94 bits per heavy atom. The first-order valence-electron chi connectivity index (χ1n) is 10.0. The highest BCUT2D eigenvalue weighted by atomic mass is 16.3. The van der Waals surface area contributed by atoms with Crippen LogP contribution in [-0.4, -0.2) is 40.8 Å². The summed E-state index contributed by atoms with van der Waals surface area (Å²) >= 11 is 0. The number of aromatic nitrogens is 7. The van der Waals surface area contributed by atoms with Gasteiger partial charge in [0.05, 0.1) is 17.7 Å². The molecule has 0 amide bonds. The summed E-state index contributed by atoms with van der Waals surface area (Å²) in [5.74, 6) is 2.10. The first-order valence-corrected chi connectivity index (χ1v) is 10.0. The third-order valence-electron chi connectivity index (χ3n) is 5.54. The van der Waals surface area contributed by atoms with Gasteiger partial charge in [-0.25, -0.2) is 9.97 Å². The number of aryl methyl sites for hydroxylation is 1. The minimum Gasteiger partial charge on any atom is -0.461 e. The van der Waals surface area contributed by atoms with E-state index >= 15 is 0 Å². The molecule has 0 bridgehead atoms. The van der Waals surface area contributed by atoms with Crippen molar-refractivity contribution in [3.05, 3.63) is 66.2 Å². The van der Waals surface area contributed by atoms with Gasteiger partial charge in [0.15, 0.2) is 5.76 Å². The average Bonchev–Trinajstić information content (AvgIpc) is 3.52. The molecule has 0 fully saturated rings. The largest absolute Gasteiger partial charge is 0.461 e. The van der Waals surface area contributed by atoms with Crippen LogP contribution in [0.4, 0.5) is 11.6 Å². The molecule has 9 nitrogen and oxygen atoms in total. The molecule has 1 aliphatic heterocycles. The lowest BCUT2D eigenvalue weighted by Gasteiger charge is -2.22. The molecule has 152 valence electrons. The van der Waals surface area contributed by atoms with Crippen molar-refractivity contribution in [3.8, 4) is 23.0 Å². The van der Waals surface area contributed by atoms with E-state index in [0.29, 0.717) is 34.7 Å². The monoisotopic (exact) mass is 410 g/mol. The highest BCUT2D eigenvalue weighted by Gasteiger charge is 2.29. The maximum Gasteiger partial charge on any atom is 0.272 e. The van der Waals surface area contributed by atoms with Crippen molar-refractivity contribution in [1.29, 1.82) is 0 Å². The van der Waals surface area contributed by atoms with Crippen LogP contribution in [0.3, 0.4) is 0 Å². The molecule has 1 aromatic carbocycles. The van der Waals surface area contributed by atoms with Crippen LogP contribution in [-0.2, 0) is 6.42 Å². The van der Waals surface area contributed by atoms with Crippen LogP contribution >= 0.6 is 0 Å². The van der Waals surface area contributed by atoms with Crippen molar-refractivity contribution in [1.82, 2.24) is 34.8 Å². The van der Waals surface area contributed by atoms with Gasteiger partial charge in [-0.3, -0.25) is 0 Å². The van der Waals surface area contributed by atoms with E-state index in [1.54, 1.807) is 23.0 Å². The Bertz CT molecular complexity index is 1410. The fourth-order valence-corrected chi connectivity index (χ4v) is 4.07. The van der Waals surface area contributed by atoms with Crippen molar-refractivity contribution < 1.29 is 4.42 Å². The van der Waals surface area contributed by atoms with Crippen LogP contribution in [0.1, 0.15) is 18.2 Å². The Kier molecular flexibility index (Phi) is 3.82. The van der Waals surface area contributed by atoms with Gasteiger partial charge in [-0.05, 0) is 50.1 Å². The number of hydrogen-bond donors (Lipinski definition) is 0. The number of benzene rings is 1. The first-order chi connectivity index (χ1) is 15.2. The molecule has 5 heterocycles. The summed E-state index contributed by atoms with van der Waals surface area (Å²) in [5.41, 5.74) is 4.55. The third-order valence-corrected chi connectivity index (χ3v) is 5.54. The van der Waals surface area contributed by atoms with Crippen LogP contribution in [0.5, 0.6) is 0 Å². The average molecular weight is 410 g/mol. The predicted molar refractivity (Wildman–Crippen MR) is 114 cm³/mol. The summed E-state index contributed by atoms with van der Waals surface area (Å²) in [6.45, 7) is 4.10.